The molecule has 20 heavy (non-hydrogen) atoms. The summed E-state index contributed by atoms with van der Waals surface area (Å²) in [4.78, 5) is 17.7. The van der Waals surface area contributed by atoms with Crippen molar-refractivity contribution in [1.82, 2.24) is 9.88 Å². The highest BCUT2D eigenvalue weighted by atomic mass is 19.1. The van der Waals surface area contributed by atoms with Gasteiger partial charge in [-0.2, -0.15) is 0 Å². The van der Waals surface area contributed by atoms with Crippen LogP contribution in [0.25, 0.3) is 10.9 Å². The fourth-order valence-electron chi connectivity index (χ4n) is 2.65. The number of nitrogens with zero attached hydrogens (tertiary/aromatic N) is 2. The molecule has 1 aliphatic rings. The van der Waals surface area contributed by atoms with Gasteiger partial charge in [-0.25, -0.2) is 18.6 Å². The summed E-state index contributed by atoms with van der Waals surface area (Å²) in [5.41, 5.74) is 1.00. The number of hydrogen-bond acceptors (Lipinski definition) is 3. The first-order valence-corrected chi connectivity index (χ1v) is 6.19. The quantitative estimate of drug-likeness (QED) is 0.869. The van der Waals surface area contributed by atoms with Gasteiger partial charge in [0, 0.05) is 42.2 Å². The van der Waals surface area contributed by atoms with E-state index in [1.165, 1.54) is 0 Å². The van der Waals surface area contributed by atoms with Crippen LogP contribution in [0.15, 0.2) is 12.1 Å². The van der Waals surface area contributed by atoms with E-state index in [4.69, 9.17) is 0 Å². The van der Waals surface area contributed by atoms with E-state index in [0.29, 0.717) is 24.2 Å². The average molecular weight is 278 g/mol. The summed E-state index contributed by atoms with van der Waals surface area (Å²) in [6.07, 6.45) is 0.554. The molecule has 1 aromatic heterocycles. The summed E-state index contributed by atoms with van der Waals surface area (Å²) < 4.78 is 27.2. The Kier molecular flexibility index (Phi) is 2.90. The molecule has 0 aliphatic carbocycles. The molecule has 4 nitrogen and oxygen atoms in total. The second kappa shape index (κ2) is 4.49. The predicted molar refractivity (Wildman–Crippen MR) is 68.7 cm³/mol. The Morgan fingerprint density at radius 3 is 2.85 bits per heavy atom. The summed E-state index contributed by atoms with van der Waals surface area (Å²) >= 11 is 0. The van der Waals surface area contributed by atoms with Crippen LogP contribution in [0, 0.1) is 11.6 Å². The molecule has 0 saturated carbocycles. The highest BCUT2D eigenvalue weighted by molar-refractivity contribution is 6.04. The third-order valence-corrected chi connectivity index (χ3v) is 3.57. The number of fused-ring (bicyclic) bond motifs is 2. The Balaban J connectivity index is 2.42. The van der Waals surface area contributed by atoms with Crippen molar-refractivity contribution in [3.63, 3.8) is 0 Å². The van der Waals surface area contributed by atoms with E-state index in [9.17, 15) is 18.7 Å². The maximum Gasteiger partial charge on any atom is 0.336 e. The molecule has 0 spiro atoms. The molecule has 0 saturated heterocycles. The monoisotopic (exact) mass is 278 g/mol. The van der Waals surface area contributed by atoms with E-state index in [-0.39, 0.29) is 16.5 Å². The lowest BCUT2D eigenvalue weighted by molar-refractivity contribution is 0.0696. The largest absolute Gasteiger partial charge is 0.478 e. The van der Waals surface area contributed by atoms with Gasteiger partial charge in [-0.05, 0) is 13.1 Å². The van der Waals surface area contributed by atoms with E-state index in [1.54, 1.807) is 0 Å². The van der Waals surface area contributed by atoms with Crippen LogP contribution in [-0.4, -0.2) is 34.6 Å². The van der Waals surface area contributed by atoms with Gasteiger partial charge in [0.1, 0.15) is 11.3 Å². The van der Waals surface area contributed by atoms with Crippen LogP contribution in [0.5, 0.6) is 0 Å². The minimum absolute atomic E-state index is 0.0176. The van der Waals surface area contributed by atoms with Crippen molar-refractivity contribution in [2.45, 2.75) is 13.0 Å². The first-order valence-electron chi connectivity index (χ1n) is 6.19. The van der Waals surface area contributed by atoms with Crippen molar-refractivity contribution in [3.05, 3.63) is 40.6 Å². The Bertz CT molecular complexity index is 731. The van der Waals surface area contributed by atoms with E-state index >= 15 is 0 Å². The number of aromatic nitrogens is 1. The maximum absolute atomic E-state index is 13.8. The standard InChI is InChI=1S/C14H12F2N2O2/c1-18-3-2-11-9(6-18)12(14(19)20)8-4-7(15)5-10(16)13(8)17-11/h4-5H,2-3,6H2,1H3,(H,19,20). The average Bonchev–Trinajstić information content (AvgIpc) is 2.36. The number of rotatable bonds is 1. The molecule has 0 bridgehead atoms. The summed E-state index contributed by atoms with van der Waals surface area (Å²) in [7, 11) is 1.87. The molecule has 1 aliphatic heterocycles. The fourth-order valence-corrected chi connectivity index (χ4v) is 2.65. The molecule has 0 atom stereocenters. The molecule has 0 radical (unpaired) electrons. The van der Waals surface area contributed by atoms with E-state index in [0.717, 1.165) is 18.7 Å². The van der Waals surface area contributed by atoms with Crippen LogP contribution in [0.1, 0.15) is 21.6 Å². The van der Waals surface area contributed by atoms with E-state index < -0.39 is 17.6 Å². The van der Waals surface area contributed by atoms with Crippen molar-refractivity contribution < 1.29 is 18.7 Å². The Hall–Kier alpha value is -2.08. The number of halogens is 2. The second-order valence-electron chi connectivity index (χ2n) is 4.99. The molecule has 2 aromatic rings. The summed E-state index contributed by atoms with van der Waals surface area (Å²) in [5, 5.41) is 9.43. The van der Waals surface area contributed by atoms with Gasteiger partial charge in [0.15, 0.2) is 5.82 Å². The molecule has 1 N–H and O–H groups in total. The number of hydrogen-bond donors (Lipinski definition) is 1. The summed E-state index contributed by atoms with van der Waals surface area (Å²) in [5.74, 6) is -2.82. The summed E-state index contributed by atoms with van der Waals surface area (Å²) in [6, 6.07) is 1.76. The van der Waals surface area contributed by atoms with Gasteiger partial charge in [0.2, 0.25) is 0 Å². The Labute approximate surface area is 113 Å². The topological polar surface area (TPSA) is 53.4 Å². The fraction of sp³-hybridized carbons (Fsp3) is 0.286. The van der Waals surface area contributed by atoms with Crippen molar-refractivity contribution in [2.24, 2.45) is 0 Å². The van der Waals surface area contributed by atoms with Gasteiger partial charge >= 0.3 is 5.97 Å². The minimum atomic E-state index is -1.19. The first-order chi connectivity index (χ1) is 9.47. The van der Waals surface area contributed by atoms with Crippen molar-refractivity contribution in [3.8, 4) is 0 Å². The lowest BCUT2D eigenvalue weighted by Crippen LogP contribution is -2.29. The highest BCUT2D eigenvalue weighted by Crippen LogP contribution is 2.29. The molecule has 6 heteroatoms. The van der Waals surface area contributed by atoms with Gasteiger partial charge in [0.05, 0.1) is 5.56 Å². The number of likely N-dealkylation sites (N-methyl/N-ethyl adjacent to an activating group) is 1. The number of carbonyl (C=O) groups is 1. The van der Waals surface area contributed by atoms with Crippen molar-refractivity contribution >= 4 is 16.9 Å². The van der Waals surface area contributed by atoms with Crippen molar-refractivity contribution in [2.75, 3.05) is 13.6 Å². The normalized spacial score (nSPS) is 15.3. The molecular weight excluding hydrogens is 266 g/mol. The van der Waals surface area contributed by atoms with Crippen LogP contribution in [-0.2, 0) is 13.0 Å². The third-order valence-electron chi connectivity index (χ3n) is 3.57. The molecule has 104 valence electrons. The number of pyridine rings is 1. The van der Waals surface area contributed by atoms with Crippen LogP contribution >= 0.6 is 0 Å². The summed E-state index contributed by atoms with van der Waals surface area (Å²) in [6.45, 7) is 1.14. The van der Waals surface area contributed by atoms with Crippen LogP contribution in [0.2, 0.25) is 0 Å². The number of carboxylic acids is 1. The number of aromatic carboxylic acids is 1. The number of benzene rings is 1. The van der Waals surface area contributed by atoms with Gasteiger partial charge in [-0.15, -0.1) is 0 Å². The zero-order valence-corrected chi connectivity index (χ0v) is 10.8. The smallest absolute Gasteiger partial charge is 0.336 e. The van der Waals surface area contributed by atoms with Gasteiger partial charge in [-0.3, -0.25) is 0 Å². The highest BCUT2D eigenvalue weighted by Gasteiger charge is 2.25. The molecule has 2 heterocycles. The molecule has 0 fully saturated rings. The SMILES string of the molecule is CN1CCc2nc3c(F)cc(F)cc3c(C(=O)O)c2C1. The predicted octanol–water partition coefficient (Wildman–Crippen LogP) is 2.20. The second-order valence-corrected chi connectivity index (χ2v) is 4.99. The van der Waals surface area contributed by atoms with Gasteiger partial charge < -0.3 is 10.0 Å². The van der Waals surface area contributed by atoms with E-state index in [1.807, 2.05) is 11.9 Å². The molecular formula is C14H12F2N2O2. The molecule has 0 unspecified atom stereocenters. The van der Waals surface area contributed by atoms with Crippen LogP contribution in [0.3, 0.4) is 0 Å². The third kappa shape index (κ3) is 1.92. The van der Waals surface area contributed by atoms with Gasteiger partial charge in [0.25, 0.3) is 0 Å². The van der Waals surface area contributed by atoms with Crippen LogP contribution < -0.4 is 0 Å². The first kappa shape index (κ1) is 12.9. The molecule has 1 aromatic carbocycles. The minimum Gasteiger partial charge on any atom is -0.478 e. The zero-order chi connectivity index (χ0) is 14.4. The Morgan fingerprint density at radius 2 is 2.15 bits per heavy atom. The van der Waals surface area contributed by atoms with Crippen LogP contribution in [0.4, 0.5) is 8.78 Å². The molecule has 0 amide bonds. The van der Waals surface area contributed by atoms with E-state index in [2.05, 4.69) is 4.98 Å². The lowest BCUT2D eigenvalue weighted by Gasteiger charge is -2.26. The van der Waals surface area contributed by atoms with Crippen molar-refractivity contribution in [1.29, 1.82) is 0 Å². The molecule has 3 rings (SSSR count). The maximum atomic E-state index is 13.8. The Morgan fingerprint density at radius 1 is 1.40 bits per heavy atom. The van der Waals surface area contributed by atoms with Gasteiger partial charge in [-0.1, -0.05) is 0 Å². The zero-order valence-electron chi connectivity index (χ0n) is 10.8. The lowest BCUT2D eigenvalue weighted by atomic mass is 9.96. The number of carboxylic acid groups (broad SMARTS) is 1.